The van der Waals surface area contributed by atoms with Gasteiger partial charge in [-0.25, -0.2) is 0 Å². The number of para-hydroxylation sites is 1. The SMILES string of the molecule is CN(C)c1ccc(/C=C2\C(=O)c3ccccc3O[C@H]2c2ccccc2)cc1. The van der Waals surface area contributed by atoms with Gasteiger partial charge in [-0.3, -0.25) is 4.79 Å². The van der Waals surface area contributed by atoms with Crippen molar-refractivity contribution in [2.24, 2.45) is 0 Å². The zero-order valence-electron chi connectivity index (χ0n) is 15.4. The Morgan fingerprint density at radius 3 is 2.22 bits per heavy atom. The molecule has 0 aliphatic carbocycles. The molecular weight excluding hydrogens is 334 g/mol. The second kappa shape index (κ2) is 7.12. The van der Waals surface area contributed by atoms with Crippen LogP contribution in [0.5, 0.6) is 5.75 Å². The fraction of sp³-hybridized carbons (Fsp3) is 0.125. The third-order valence-corrected chi connectivity index (χ3v) is 4.76. The number of carbonyl (C=O) groups is 1. The van der Waals surface area contributed by atoms with Crippen LogP contribution in [0.15, 0.2) is 84.4 Å². The van der Waals surface area contributed by atoms with Crippen molar-refractivity contribution in [3.05, 3.63) is 101 Å². The molecule has 0 saturated carbocycles. The van der Waals surface area contributed by atoms with Gasteiger partial charge >= 0.3 is 0 Å². The Balaban J connectivity index is 1.80. The molecule has 0 unspecified atom stereocenters. The molecule has 0 spiro atoms. The summed E-state index contributed by atoms with van der Waals surface area (Å²) >= 11 is 0. The lowest BCUT2D eigenvalue weighted by Crippen LogP contribution is -2.23. The molecule has 1 aliphatic rings. The van der Waals surface area contributed by atoms with Gasteiger partial charge in [0, 0.05) is 25.4 Å². The topological polar surface area (TPSA) is 29.5 Å². The highest BCUT2D eigenvalue weighted by molar-refractivity contribution is 6.14. The molecule has 0 aromatic heterocycles. The van der Waals surface area contributed by atoms with Crippen molar-refractivity contribution < 1.29 is 9.53 Å². The molecule has 27 heavy (non-hydrogen) atoms. The third kappa shape index (κ3) is 3.36. The van der Waals surface area contributed by atoms with E-state index in [1.807, 2.05) is 99.0 Å². The van der Waals surface area contributed by atoms with Gasteiger partial charge in [-0.2, -0.15) is 0 Å². The number of nitrogens with zero attached hydrogens (tertiary/aromatic N) is 1. The van der Waals surface area contributed by atoms with Crippen LogP contribution in [0.3, 0.4) is 0 Å². The van der Waals surface area contributed by atoms with E-state index in [0.717, 1.165) is 16.8 Å². The van der Waals surface area contributed by atoms with Crippen LogP contribution >= 0.6 is 0 Å². The summed E-state index contributed by atoms with van der Waals surface area (Å²) in [5, 5.41) is 0. The van der Waals surface area contributed by atoms with Crippen molar-refractivity contribution in [1.82, 2.24) is 0 Å². The first-order valence-corrected chi connectivity index (χ1v) is 8.98. The van der Waals surface area contributed by atoms with Gasteiger partial charge < -0.3 is 9.64 Å². The van der Waals surface area contributed by atoms with Gasteiger partial charge in [0.2, 0.25) is 0 Å². The largest absolute Gasteiger partial charge is 0.480 e. The highest BCUT2D eigenvalue weighted by Gasteiger charge is 2.32. The molecule has 0 fully saturated rings. The first-order chi connectivity index (χ1) is 13.1. The maximum absolute atomic E-state index is 13.2. The normalized spacial score (nSPS) is 17.3. The minimum absolute atomic E-state index is 0.0161. The number of hydrogen-bond acceptors (Lipinski definition) is 3. The number of carbonyl (C=O) groups excluding carboxylic acids is 1. The lowest BCUT2D eigenvalue weighted by molar-refractivity contribution is 0.0963. The van der Waals surface area contributed by atoms with Crippen molar-refractivity contribution in [1.29, 1.82) is 0 Å². The summed E-state index contributed by atoms with van der Waals surface area (Å²) in [6.45, 7) is 0. The molecule has 1 aliphatic heterocycles. The summed E-state index contributed by atoms with van der Waals surface area (Å²) in [7, 11) is 4.02. The number of fused-ring (bicyclic) bond motifs is 1. The number of ether oxygens (including phenoxy) is 1. The average molecular weight is 355 g/mol. The lowest BCUT2D eigenvalue weighted by Gasteiger charge is -2.28. The van der Waals surface area contributed by atoms with Crippen LogP contribution in [0.1, 0.15) is 27.6 Å². The van der Waals surface area contributed by atoms with E-state index in [1.54, 1.807) is 0 Å². The van der Waals surface area contributed by atoms with Crippen LogP contribution < -0.4 is 9.64 Å². The molecule has 3 nitrogen and oxygen atoms in total. The Labute approximate surface area is 159 Å². The first-order valence-electron chi connectivity index (χ1n) is 8.98. The average Bonchev–Trinajstić information content (AvgIpc) is 2.71. The molecule has 3 heteroatoms. The van der Waals surface area contributed by atoms with Gasteiger partial charge in [0.15, 0.2) is 11.9 Å². The molecule has 0 radical (unpaired) electrons. The molecule has 0 amide bonds. The van der Waals surface area contributed by atoms with E-state index < -0.39 is 6.10 Å². The molecule has 0 saturated heterocycles. The summed E-state index contributed by atoms with van der Waals surface area (Å²) < 4.78 is 6.24. The Morgan fingerprint density at radius 1 is 0.852 bits per heavy atom. The zero-order valence-corrected chi connectivity index (χ0v) is 15.4. The number of anilines is 1. The van der Waals surface area contributed by atoms with Gasteiger partial charge in [-0.1, -0.05) is 54.6 Å². The standard InChI is InChI=1S/C24H21NO2/c1-25(2)19-14-12-17(13-15-19)16-21-23(26)20-10-6-7-11-22(20)27-24(21)18-8-4-3-5-9-18/h3-16,24H,1-2H3/b21-16+/t24-/m0/s1. The Hall–Kier alpha value is -3.33. The van der Waals surface area contributed by atoms with Crippen molar-refractivity contribution in [2.75, 3.05) is 19.0 Å². The Bertz CT molecular complexity index is 988. The summed E-state index contributed by atoms with van der Waals surface area (Å²) in [6.07, 6.45) is 1.53. The minimum Gasteiger partial charge on any atom is -0.480 e. The van der Waals surface area contributed by atoms with Gasteiger partial charge in [0.25, 0.3) is 0 Å². The second-order valence-electron chi connectivity index (χ2n) is 6.82. The first kappa shape index (κ1) is 17.1. The number of rotatable bonds is 3. The predicted molar refractivity (Wildman–Crippen MR) is 109 cm³/mol. The van der Waals surface area contributed by atoms with Gasteiger partial charge in [0.05, 0.1) is 5.56 Å². The summed E-state index contributed by atoms with van der Waals surface area (Å²) in [5.74, 6) is 0.652. The van der Waals surface area contributed by atoms with Crippen molar-refractivity contribution in [3.63, 3.8) is 0 Å². The third-order valence-electron chi connectivity index (χ3n) is 4.76. The number of Topliss-reactive ketones (excluding diaryl/α,β-unsaturated/α-hetero) is 1. The number of ketones is 1. The quantitative estimate of drug-likeness (QED) is 0.608. The number of benzene rings is 3. The monoisotopic (exact) mass is 355 g/mol. The summed E-state index contributed by atoms with van der Waals surface area (Å²) in [6, 6.07) is 25.5. The predicted octanol–water partition coefficient (Wildman–Crippen LogP) is 5.15. The van der Waals surface area contributed by atoms with E-state index >= 15 is 0 Å². The maximum atomic E-state index is 13.2. The molecular formula is C24H21NO2. The van der Waals surface area contributed by atoms with Gasteiger partial charge in [-0.05, 0) is 41.5 Å². The molecule has 4 rings (SSSR count). The van der Waals surface area contributed by atoms with E-state index in [-0.39, 0.29) is 5.78 Å². The van der Waals surface area contributed by atoms with Crippen LogP contribution in [0.2, 0.25) is 0 Å². The summed E-state index contributed by atoms with van der Waals surface area (Å²) in [4.78, 5) is 15.3. The van der Waals surface area contributed by atoms with Crippen molar-refractivity contribution in [2.45, 2.75) is 6.10 Å². The fourth-order valence-electron chi connectivity index (χ4n) is 3.29. The molecule has 134 valence electrons. The highest BCUT2D eigenvalue weighted by atomic mass is 16.5. The Morgan fingerprint density at radius 2 is 1.52 bits per heavy atom. The molecule has 1 heterocycles. The van der Waals surface area contributed by atoms with E-state index in [0.29, 0.717) is 16.9 Å². The van der Waals surface area contributed by atoms with E-state index in [1.165, 1.54) is 0 Å². The van der Waals surface area contributed by atoms with Crippen LogP contribution in [0.4, 0.5) is 5.69 Å². The zero-order chi connectivity index (χ0) is 18.8. The highest BCUT2D eigenvalue weighted by Crippen LogP contribution is 2.39. The smallest absolute Gasteiger partial charge is 0.196 e. The molecule has 0 N–H and O–H groups in total. The van der Waals surface area contributed by atoms with Crippen LogP contribution in [0.25, 0.3) is 6.08 Å². The van der Waals surface area contributed by atoms with Crippen LogP contribution in [-0.2, 0) is 0 Å². The number of hydrogen-bond donors (Lipinski definition) is 0. The van der Waals surface area contributed by atoms with Gasteiger partial charge in [0.1, 0.15) is 5.75 Å². The van der Waals surface area contributed by atoms with Gasteiger partial charge in [-0.15, -0.1) is 0 Å². The molecule has 3 aromatic rings. The molecule has 1 atom stereocenters. The van der Waals surface area contributed by atoms with Crippen LogP contribution in [-0.4, -0.2) is 19.9 Å². The lowest BCUT2D eigenvalue weighted by atomic mass is 9.89. The molecule has 3 aromatic carbocycles. The minimum atomic E-state index is -0.415. The van der Waals surface area contributed by atoms with E-state index in [4.69, 9.17) is 4.74 Å². The van der Waals surface area contributed by atoms with E-state index in [9.17, 15) is 4.79 Å². The molecule has 0 bridgehead atoms. The summed E-state index contributed by atoms with van der Waals surface area (Å²) in [5.41, 5.74) is 4.33. The Kier molecular flexibility index (Phi) is 4.51. The van der Waals surface area contributed by atoms with E-state index in [2.05, 4.69) is 4.90 Å². The van der Waals surface area contributed by atoms with Crippen LogP contribution in [0, 0.1) is 0 Å². The second-order valence-corrected chi connectivity index (χ2v) is 6.82. The maximum Gasteiger partial charge on any atom is 0.196 e. The van der Waals surface area contributed by atoms with Crippen molar-refractivity contribution >= 4 is 17.5 Å². The fourth-order valence-corrected chi connectivity index (χ4v) is 3.29. The van der Waals surface area contributed by atoms with Crippen molar-refractivity contribution in [3.8, 4) is 5.75 Å².